The Bertz CT molecular complexity index is 361. The van der Waals surface area contributed by atoms with Gasteiger partial charge in [-0.1, -0.05) is 40.2 Å². The maximum absolute atomic E-state index is 9.01. The lowest BCUT2D eigenvalue weighted by atomic mass is 9.96. The molecule has 1 aromatic rings. The van der Waals surface area contributed by atoms with E-state index < -0.39 is 0 Å². The van der Waals surface area contributed by atoms with Gasteiger partial charge in [0.25, 0.3) is 0 Å². The predicted molar refractivity (Wildman–Crippen MR) is 55.6 cm³/mol. The Kier molecular flexibility index (Phi) is 2.13. The second kappa shape index (κ2) is 3.16. The van der Waals surface area contributed by atoms with Gasteiger partial charge in [-0.3, -0.25) is 0 Å². The Labute approximate surface area is 86.5 Å². The van der Waals surface area contributed by atoms with E-state index in [1.165, 1.54) is 11.1 Å². The number of alkyl halides is 1. The van der Waals surface area contributed by atoms with E-state index in [2.05, 4.69) is 40.2 Å². The molecule has 0 spiro atoms. The molecule has 0 amide bonds. The zero-order valence-corrected chi connectivity index (χ0v) is 8.84. The summed E-state index contributed by atoms with van der Waals surface area (Å²) in [6.45, 7) is 0. The molecule has 13 heavy (non-hydrogen) atoms. The molecule has 2 heteroatoms. The molecule has 0 heterocycles. The average molecular weight is 236 g/mol. The highest BCUT2D eigenvalue weighted by Crippen LogP contribution is 2.47. The van der Waals surface area contributed by atoms with E-state index in [-0.39, 0.29) is 5.41 Å². The predicted octanol–water partition coefficient (Wildman–Crippen LogP) is 3.14. The molecule has 1 fully saturated rings. The average Bonchev–Trinajstić information content (AvgIpc) is 2.99. The smallest absolute Gasteiger partial charge is 0.0823 e. The number of rotatable bonds is 2. The van der Waals surface area contributed by atoms with E-state index in [0.29, 0.717) is 0 Å². The lowest BCUT2D eigenvalue weighted by Gasteiger charge is -2.06. The van der Waals surface area contributed by atoms with Gasteiger partial charge >= 0.3 is 0 Å². The minimum atomic E-state index is -0.141. The van der Waals surface area contributed by atoms with Gasteiger partial charge in [0.1, 0.15) is 0 Å². The third-order valence-electron chi connectivity index (χ3n) is 2.60. The van der Waals surface area contributed by atoms with Crippen LogP contribution in [0.5, 0.6) is 0 Å². The molecule has 0 unspecified atom stereocenters. The summed E-state index contributed by atoms with van der Waals surface area (Å²) in [5, 5.41) is 9.88. The Morgan fingerprint density at radius 2 is 2.23 bits per heavy atom. The molecule has 1 saturated carbocycles. The fourth-order valence-corrected chi connectivity index (χ4v) is 1.89. The first kappa shape index (κ1) is 8.77. The number of nitrogens with zero attached hydrogens (tertiary/aromatic N) is 1. The lowest BCUT2D eigenvalue weighted by molar-refractivity contribution is 0.906. The van der Waals surface area contributed by atoms with E-state index in [1.54, 1.807) is 0 Å². The van der Waals surface area contributed by atoms with Crippen molar-refractivity contribution in [1.82, 2.24) is 0 Å². The Balaban J connectivity index is 2.37. The summed E-state index contributed by atoms with van der Waals surface area (Å²) in [7, 11) is 0. The molecule has 0 aromatic heterocycles. The molecule has 0 bridgehead atoms. The molecule has 0 N–H and O–H groups in total. The van der Waals surface area contributed by atoms with Crippen molar-refractivity contribution in [2.45, 2.75) is 23.6 Å². The fourth-order valence-electron chi connectivity index (χ4n) is 1.54. The second-order valence-electron chi connectivity index (χ2n) is 3.53. The van der Waals surface area contributed by atoms with E-state index in [4.69, 9.17) is 5.26 Å². The van der Waals surface area contributed by atoms with Gasteiger partial charge in [-0.25, -0.2) is 0 Å². The first-order valence-electron chi connectivity index (χ1n) is 4.37. The maximum atomic E-state index is 9.01. The Morgan fingerprint density at radius 1 is 1.46 bits per heavy atom. The SMILES string of the molecule is N#CC1(c2cccc(CBr)c2)CC1. The van der Waals surface area contributed by atoms with E-state index in [0.717, 1.165) is 18.2 Å². The molecule has 1 aliphatic carbocycles. The topological polar surface area (TPSA) is 23.8 Å². The van der Waals surface area contributed by atoms with Crippen LogP contribution in [-0.2, 0) is 10.7 Å². The van der Waals surface area contributed by atoms with Crippen LogP contribution < -0.4 is 0 Å². The fraction of sp³-hybridized carbons (Fsp3) is 0.364. The number of benzene rings is 1. The molecular weight excluding hydrogens is 226 g/mol. The minimum Gasteiger partial charge on any atom is -0.197 e. The van der Waals surface area contributed by atoms with Crippen molar-refractivity contribution in [2.75, 3.05) is 0 Å². The van der Waals surface area contributed by atoms with Crippen LogP contribution in [0.3, 0.4) is 0 Å². The second-order valence-corrected chi connectivity index (χ2v) is 4.09. The van der Waals surface area contributed by atoms with Gasteiger partial charge in [0, 0.05) is 5.33 Å². The number of hydrogen-bond acceptors (Lipinski definition) is 1. The van der Waals surface area contributed by atoms with Gasteiger partial charge in [-0.15, -0.1) is 0 Å². The largest absolute Gasteiger partial charge is 0.197 e. The van der Waals surface area contributed by atoms with E-state index in [1.807, 2.05) is 6.07 Å². The van der Waals surface area contributed by atoms with Crippen LogP contribution in [0.25, 0.3) is 0 Å². The molecule has 0 aliphatic heterocycles. The Morgan fingerprint density at radius 3 is 2.77 bits per heavy atom. The van der Waals surface area contributed by atoms with Gasteiger partial charge in [0.2, 0.25) is 0 Å². The first-order valence-corrected chi connectivity index (χ1v) is 5.49. The monoisotopic (exact) mass is 235 g/mol. The highest BCUT2D eigenvalue weighted by Gasteiger charge is 2.44. The van der Waals surface area contributed by atoms with Crippen LogP contribution in [0.2, 0.25) is 0 Å². The Hall–Kier alpha value is -0.810. The van der Waals surface area contributed by atoms with E-state index >= 15 is 0 Å². The maximum Gasteiger partial charge on any atom is 0.0823 e. The summed E-state index contributed by atoms with van der Waals surface area (Å²) in [6.07, 6.45) is 2.05. The van der Waals surface area contributed by atoms with Crippen LogP contribution in [-0.4, -0.2) is 0 Å². The molecule has 66 valence electrons. The quantitative estimate of drug-likeness (QED) is 0.723. The van der Waals surface area contributed by atoms with Crippen molar-refractivity contribution in [3.8, 4) is 6.07 Å². The van der Waals surface area contributed by atoms with Crippen LogP contribution in [0.15, 0.2) is 24.3 Å². The molecule has 0 saturated heterocycles. The molecule has 0 radical (unpaired) electrons. The van der Waals surface area contributed by atoms with Crippen molar-refractivity contribution >= 4 is 15.9 Å². The molecule has 1 aromatic carbocycles. The van der Waals surface area contributed by atoms with Crippen molar-refractivity contribution in [2.24, 2.45) is 0 Å². The van der Waals surface area contributed by atoms with Gasteiger partial charge in [0.15, 0.2) is 0 Å². The van der Waals surface area contributed by atoms with Gasteiger partial charge in [0.05, 0.1) is 11.5 Å². The summed E-state index contributed by atoms with van der Waals surface area (Å²) >= 11 is 3.42. The molecule has 1 aliphatic rings. The normalized spacial score (nSPS) is 17.8. The molecule has 0 atom stereocenters. The summed E-state index contributed by atoms with van der Waals surface area (Å²) in [5.41, 5.74) is 2.30. The van der Waals surface area contributed by atoms with Crippen LogP contribution in [0.1, 0.15) is 24.0 Å². The third-order valence-corrected chi connectivity index (χ3v) is 3.25. The minimum absolute atomic E-state index is 0.141. The first-order chi connectivity index (χ1) is 6.30. The zero-order chi connectivity index (χ0) is 9.31. The van der Waals surface area contributed by atoms with Crippen LogP contribution in [0.4, 0.5) is 0 Å². The van der Waals surface area contributed by atoms with Gasteiger partial charge in [-0.2, -0.15) is 5.26 Å². The summed E-state index contributed by atoms with van der Waals surface area (Å²) in [6, 6.07) is 10.7. The van der Waals surface area contributed by atoms with Gasteiger partial charge in [-0.05, 0) is 24.0 Å². The van der Waals surface area contributed by atoms with Crippen molar-refractivity contribution in [3.63, 3.8) is 0 Å². The molecular formula is C11H10BrN. The zero-order valence-electron chi connectivity index (χ0n) is 7.26. The number of halogens is 1. The highest BCUT2D eigenvalue weighted by molar-refractivity contribution is 9.08. The van der Waals surface area contributed by atoms with Crippen molar-refractivity contribution in [1.29, 1.82) is 5.26 Å². The molecule has 1 nitrogen and oxygen atoms in total. The number of nitriles is 1. The highest BCUT2D eigenvalue weighted by atomic mass is 79.9. The van der Waals surface area contributed by atoms with Crippen molar-refractivity contribution < 1.29 is 0 Å². The number of hydrogen-bond donors (Lipinski definition) is 0. The van der Waals surface area contributed by atoms with Gasteiger partial charge < -0.3 is 0 Å². The third kappa shape index (κ3) is 1.49. The summed E-state index contributed by atoms with van der Waals surface area (Å²) in [4.78, 5) is 0. The standard InChI is InChI=1S/C11H10BrN/c12-7-9-2-1-3-10(6-9)11(8-13)4-5-11/h1-3,6H,4-5,7H2. The van der Waals surface area contributed by atoms with Crippen molar-refractivity contribution in [3.05, 3.63) is 35.4 Å². The van der Waals surface area contributed by atoms with Crippen LogP contribution >= 0.6 is 15.9 Å². The summed E-state index contributed by atoms with van der Waals surface area (Å²) in [5.74, 6) is 0. The lowest BCUT2D eigenvalue weighted by Crippen LogP contribution is -2.02. The van der Waals surface area contributed by atoms with E-state index in [9.17, 15) is 0 Å². The molecule has 2 rings (SSSR count). The van der Waals surface area contributed by atoms with Crippen LogP contribution in [0, 0.1) is 11.3 Å². The summed E-state index contributed by atoms with van der Waals surface area (Å²) < 4.78 is 0.